The predicted octanol–water partition coefficient (Wildman–Crippen LogP) is 0.0339. The molecule has 2 amide bonds. The minimum Gasteiger partial charge on any atom is -0.481 e. The highest BCUT2D eigenvalue weighted by molar-refractivity contribution is 5.84. The second kappa shape index (κ2) is 5.84. The fraction of sp³-hybridized carbons (Fsp3) is 0.750. The number of nitrogens with zero attached hydrogens (tertiary/aromatic N) is 2. The van der Waals surface area contributed by atoms with Gasteiger partial charge in [-0.15, -0.1) is 0 Å². The molecule has 1 fully saturated rings. The highest BCUT2D eigenvalue weighted by atomic mass is 16.4. The van der Waals surface area contributed by atoms with Crippen molar-refractivity contribution in [2.45, 2.75) is 20.8 Å². The Bertz CT molecular complexity index is 348. The van der Waals surface area contributed by atoms with Gasteiger partial charge in [0, 0.05) is 39.0 Å². The lowest BCUT2D eigenvalue weighted by Crippen LogP contribution is -2.52. The van der Waals surface area contributed by atoms with Gasteiger partial charge in [-0.1, -0.05) is 13.8 Å². The maximum Gasteiger partial charge on any atom is 0.307 e. The summed E-state index contributed by atoms with van der Waals surface area (Å²) in [5.41, 5.74) is 0. The smallest absolute Gasteiger partial charge is 0.307 e. The minimum absolute atomic E-state index is 0.00838. The van der Waals surface area contributed by atoms with E-state index >= 15 is 0 Å². The van der Waals surface area contributed by atoms with E-state index in [2.05, 4.69) is 0 Å². The summed E-state index contributed by atoms with van der Waals surface area (Å²) in [6, 6.07) is 0. The zero-order valence-electron chi connectivity index (χ0n) is 11.0. The zero-order chi connectivity index (χ0) is 13.9. The number of carbonyl (C=O) groups excluding carboxylic acids is 2. The molecular weight excluding hydrogens is 236 g/mol. The van der Waals surface area contributed by atoms with E-state index in [9.17, 15) is 14.4 Å². The summed E-state index contributed by atoms with van der Waals surface area (Å²) >= 11 is 0. The van der Waals surface area contributed by atoms with Gasteiger partial charge >= 0.3 is 5.97 Å². The molecule has 1 saturated heterocycles. The van der Waals surface area contributed by atoms with Crippen LogP contribution in [0.4, 0.5) is 0 Å². The maximum atomic E-state index is 12.1. The summed E-state index contributed by atoms with van der Waals surface area (Å²) in [5, 5.41) is 8.89. The quantitative estimate of drug-likeness (QED) is 0.773. The van der Waals surface area contributed by atoms with Crippen LogP contribution in [-0.2, 0) is 14.4 Å². The lowest BCUT2D eigenvalue weighted by molar-refractivity contribution is -0.150. The van der Waals surface area contributed by atoms with Crippen molar-refractivity contribution >= 4 is 17.8 Å². The number of aliphatic carboxylic acids is 1. The van der Waals surface area contributed by atoms with Crippen LogP contribution in [0, 0.1) is 11.8 Å². The third-order valence-corrected chi connectivity index (χ3v) is 3.57. The van der Waals surface area contributed by atoms with Gasteiger partial charge in [0.2, 0.25) is 11.8 Å². The molecule has 1 aliphatic heterocycles. The molecule has 0 radical (unpaired) electrons. The molecule has 18 heavy (non-hydrogen) atoms. The molecule has 1 N–H and O–H groups in total. The Labute approximate surface area is 107 Å². The Morgan fingerprint density at radius 1 is 0.944 bits per heavy atom. The monoisotopic (exact) mass is 256 g/mol. The lowest BCUT2D eigenvalue weighted by Gasteiger charge is -2.36. The van der Waals surface area contributed by atoms with Crippen molar-refractivity contribution in [1.82, 2.24) is 9.80 Å². The van der Waals surface area contributed by atoms with E-state index < -0.39 is 17.8 Å². The highest BCUT2D eigenvalue weighted by Crippen LogP contribution is 2.16. The number of piperazine rings is 1. The fourth-order valence-electron chi connectivity index (χ4n) is 1.96. The van der Waals surface area contributed by atoms with Gasteiger partial charge < -0.3 is 14.9 Å². The second-order valence-corrected chi connectivity index (χ2v) is 4.75. The zero-order valence-corrected chi connectivity index (χ0v) is 11.0. The van der Waals surface area contributed by atoms with E-state index in [0.717, 1.165) is 0 Å². The molecule has 2 atom stereocenters. The van der Waals surface area contributed by atoms with Gasteiger partial charge in [0.1, 0.15) is 0 Å². The molecule has 1 rings (SSSR count). The topological polar surface area (TPSA) is 77.9 Å². The number of carbonyl (C=O) groups is 3. The first kappa shape index (κ1) is 14.5. The Balaban J connectivity index is 2.54. The van der Waals surface area contributed by atoms with Crippen LogP contribution in [-0.4, -0.2) is 58.9 Å². The van der Waals surface area contributed by atoms with Crippen LogP contribution in [0.15, 0.2) is 0 Å². The van der Waals surface area contributed by atoms with Crippen molar-refractivity contribution in [2.75, 3.05) is 26.2 Å². The molecule has 2 unspecified atom stereocenters. The number of carboxylic acids is 1. The Kier molecular flexibility index (Phi) is 4.69. The SMILES string of the molecule is CC(=O)N1CCN(C(=O)C(C)C(C)C(=O)O)CC1. The standard InChI is InChI=1S/C12H20N2O4/c1-8(9(2)12(17)18)11(16)14-6-4-13(5-7-14)10(3)15/h8-9H,4-7H2,1-3H3,(H,17,18). The van der Waals surface area contributed by atoms with Gasteiger partial charge in [-0.2, -0.15) is 0 Å². The molecule has 0 saturated carbocycles. The van der Waals surface area contributed by atoms with Crippen LogP contribution >= 0.6 is 0 Å². The molecule has 0 aromatic rings. The predicted molar refractivity (Wildman–Crippen MR) is 64.8 cm³/mol. The molecule has 6 heteroatoms. The van der Waals surface area contributed by atoms with Gasteiger partial charge in [0.05, 0.1) is 5.92 Å². The van der Waals surface area contributed by atoms with E-state index in [0.29, 0.717) is 26.2 Å². The fourth-order valence-corrected chi connectivity index (χ4v) is 1.96. The van der Waals surface area contributed by atoms with E-state index in [1.165, 1.54) is 13.8 Å². The Morgan fingerprint density at radius 2 is 1.39 bits per heavy atom. The molecule has 0 aliphatic carbocycles. The second-order valence-electron chi connectivity index (χ2n) is 4.75. The van der Waals surface area contributed by atoms with Gasteiger partial charge in [0.15, 0.2) is 0 Å². The summed E-state index contributed by atoms with van der Waals surface area (Å²) < 4.78 is 0. The van der Waals surface area contributed by atoms with Crippen LogP contribution in [0.2, 0.25) is 0 Å². The summed E-state index contributed by atoms with van der Waals surface area (Å²) in [6.07, 6.45) is 0. The Hall–Kier alpha value is -1.59. The van der Waals surface area contributed by atoms with Crippen molar-refractivity contribution in [2.24, 2.45) is 11.8 Å². The molecule has 1 heterocycles. The molecule has 0 spiro atoms. The van der Waals surface area contributed by atoms with Crippen molar-refractivity contribution in [3.8, 4) is 0 Å². The number of carboxylic acid groups (broad SMARTS) is 1. The average molecular weight is 256 g/mol. The first-order valence-electron chi connectivity index (χ1n) is 6.11. The van der Waals surface area contributed by atoms with Crippen molar-refractivity contribution in [3.63, 3.8) is 0 Å². The van der Waals surface area contributed by atoms with Crippen molar-refractivity contribution in [3.05, 3.63) is 0 Å². The van der Waals surface area contributed by atoms with Gasteiger partial charge in [-0.3, -0.25) is 14.4 Å². The minimum atomic E-state index is -0.960. The summed E-state index contributed by atoms with van der Waals surface area (Å²) in [4.78, 5) is 37.4. The first-order valence-corrected chi connectivity index (χ1v) is 6.11. The van der Waals surface area contributed by atoms with E-state index in [1.54, 1.807) is 16.7 Å². The third-order valence-electron chi connectivity index (χ3n) is 3.57. The maximum absolute atomic E-state index is 12.1. The molecule has 0 bridgehead atoms. The van der Waals surface area contributed by atoms with Crippen LogP contribution < -0.4 is 0 Å². The van der Waals surface area contributed by atoms with Crippen LogP contribution in [0.5, 0.6) is 0 Å². The molecule has 0 aromatic heterocycles. The number of hydrogen-bond donors (Lipinski definition) is 1. The normalized spacial score (nSPS) is 19.3. The lowest BCUT2D eigenvalue weighted by atomic mass is 9.94. The molecule has 6 nitrogen and oxygen atoms in total. The van der Waals surface area contributed by atoms with Crippen LogP contribution in [0.25, 0.3) is 0 Å². The largest absolute Gasteiger partial charge is 0.481 e. The summed E-state index contributed by atoms with van der Waals surface area (Å²) in [5.74, 6) is -2.32. The first-order chi connectivity index (χ1) is 8.34. The van der Waals surface area contributed by atoms with Gasteiger partial charge in [0.25, 0.3) is 0 Å². The highest BCUT2D eigenvalue weighted by Gasteiger charge is 2.31. The number of amides is 2. The summed E-state index contributed by atoms with van der Waals surface area (Å²) in [7, 11) is 0. The van der Waals surface area contributed by atoms with Crippen LogP contribution in [0.1, 0.15) is 20.8 Å². The number of rotatable bonds is 3. The Morgan fingerprint density at radius 3 is 1.78 bits per heavy atom. The molecule has 102 valence electrons. The van der Waals surface area contributed by atoms with Gasteiger partial charge in [-0.05, 0) is 0 Å². The molecule has 0 aromatic carbocycles. The van der Waals surface area contributed by atoms with Crippen molar-refractivity contribution < 1.29 is 19.5 Å². The summed E-state index contributed by atoms with van der Waals surface area (Å²) in [6.45, 7) is 6.69. The van der Waals surface area contributed by atoms with E-state index in [-0.39, 0.29) is 11.8 Å². The van der Waals surface area contributed by atoms with E-state index in [4.69, 9.17) is 5.11 Å². The van der Waals surface area contributed by atoms with Crippen molar-refractivity contribution in [1.29, 1.82) is 0 Å². The number of hydrogen-bond acceptors (Lipinski definition) is 3. The molecule has 1 aliphatic rings. The van der Waals surface area contributed by atoms with E-state index in [1.807, 2.05) is 0 Å². The molecular formula is C12H20N2O4. The van der Waals surface area contributed by atoms with Crippen LogP contribution in [0.3, 0.4) is 0 Å². The average Bonchev–Trinajstić information content (AvgIpc) is 2.36. The third kappa shape index (κ3) is 3.21. The van der Waals surface area contributed by atoms with Gasteiger partial charge in [-0.25, -0.2) is 0 Å².